The second-order valence-corrected chi connectivity index (χ2v) is 7.23. The van der Waals surface area contributed by atoms with Crippen LogP contribution in [-0.2, 0) is 9.47 Å². The molecule has 1 aromatic carbocycles. The first-order valence-corrected chi connectivity index (χ1v) is 9.97. The van der Waals surface area contributed by atoms with E-state index in [1.807, 2.05) is 18.2 Å². The molecule has 152 valence electrons. The molecule has 7 nitrogen and oxygen atoms in total. The second-order valence-electron chi connectivity index (χ2n) is 6.21. The van der Waals surface area contributed by atoms with Crippen molar-refractivity contribution in [3.8, 4) is 0 Å². The zero-order valence-corrected chi connectivity index (χ0v) is 17.4. The van der Waals surface area contributed by atoms with Gasteiger partial charge >= 0.3 is 11.9 Å². The van der Waals surface area contributed by atoms with E-state index >= 15 is 0 Å². The van der Waals surface area contributed by atoms with E-state index in [1.165, 1.54) is 0 Å². The molecule has 0 fully saturated rings. The van der Waals surface area contributed by atoms with Crippen LogP contribution in [0, 0.1) is 13.8 Å². The summed E-state index contributed by atoms with van der Waals surface area (Å²) in [6.07, 6.45) is 0. The summed E-state index contributed by atoms with van der Waals surface area (Å²) < 4.78 is 15.8. The van der Waals surface area contributed by atoms with E-state index in [2.05, 4.69) is 5.32 Å². The maximum absolute atomic E-state index is 12.9. The molecule has 0 aliphatic rings. The van der Waals surface area contributed by atoms with Gasteiger partial charge in [0.15, 0.2) is 5.76 Å². The third-order valence-electron chi connectivity index (χ3n) is 4.36. The quantitative estimate of drug-likeness (QED) is 0.586. The lowest BCUT2D eigenvalue weighted by Crippen LogP contribution is -2.15. The molecule has 29 heavy (non-hydrogen) atoms. The first-order valence-electron chi connectivity index (χ1n) is 9.16. The van der Waals surface area contributed by atoms with Crippen molar-refractivity contribution in [2.45, 2.75) is 27.7 Å². The third kappa shape index (κ3) is 3.88. The molecule has 0 saturated heterocycles. The Kier molecular flexibility index (Phi) is 6.03. The Morgan fingerprint density at radius 3 is 2.31 bits per heavy atom. The van der Waals surface area contributed by atoms with Gasteiger partial charge in [-0.25, -0.2) is 9.59 Å². The lowest BCUT2D eigenvalue weighted by Gasteiger charge is -2.06. The van der Waals surface area contributed by atoms with Gasteiger partial charge in [-0.3, -0.25) is 4.79 Å². The molecule has 2 aromatic heterocycles. The SMILES string of the molecule is CCOC(=O)c1sc(NC(=O)c2oc3ccccc3c2C)c(C(=O)OCC)c1C. The highest BCUT2D eigenvalue weighted by molar-refractivity contribution is 7.18. The highest BCUT2D eigenvalue weighted by atomic mass is 32.1. The number of nitrogens with one attached hydrogen (secondary N) is 1. The predicted octanol–water partition coefficient (Wildman–Crippen LogP) is 4.72. The van der Waals surface area contributed by atoms with Crippen molar-refractivity contribution in [2.24, 2.45) is 0 Å². The van der Waals surface area contributed by atoms with Crippen LogP contribution < -0.4 is 5.32 Å². The number of esters is 2. The number of carbonyl (C=O) groups is 3. The minimum atomic E-state index is -0.617. The van der Waals surface area contributed by atoms with Crippen molar-refractivity contribution >= 4 is 45.2 Å². The number of carbonyl (C=O) groups excluding carboxylic acids is 3. The minimum absolute atomic E-state index is 0.141. The fourth-order valence-corrected chi connectivity index (χ4v) is 4.08. The van der Waals surface area contributed by atoms with Crippen LogP contribution in [0.5, 0.6) is 0 Å². The number of ether oxygens (including phenoxy) is 2. The fourth-order valence-electron chi connectivity index (χ4n) is 2.99. The number of thiophene rings is 1. The maximum atomic E-state index is 12.9. The Bertz CT molecular complexity index is 1090. The molecule has 3 aromatic rings. The lowest BCUT2D eigenvalue weighted by atomic mass is 10.1. The van der Waals surface area contributed by atoms with Gasteiger partial charge in [-0.1, -0.05) is 18.2 Å². The van der Waals surface area contributed by atoms with Crippen LogP contribution in [0.15, 0.2) is 28.7 Å². The number of aryl methyl sites for hydroxylation is 1. The number of benzene rings is 1. The van der Waals surface area contributed by atoms with E-state index in [9.17, 15) is 14.4 Å². The number of hydrogen-bond donors (Lipinski definition) is 1. The highest BCUT2D eigenvalue weighted by Gasteiger charge is 2.28. The Morgan fingerprint density at radius 1 is 1.00 bits per heavy atom. The average Bonchev–Trinajstić information content (AvgIpc) is 3.20. The second kappa shape index (κ2) is 8.48. The van der Waals surface area contributed by atoms with Gasteiger partial charge in [0, 0.05) is 10.9 Å². The van der Waals surface area contributed by atoms with Gasteiger partial charge in [-0.15, -0.1) is 11.3 Å². The van der Waals surface area contributed by atoms with E-state index in [0.717, 1.165) is 16.7 Å². The average molecular weight is 415 g/mol. The molecule has 0 radical (unpaired) electrons. The van der Waals surface area contributed by atoms with Crippen LogP contribution >= 0.6 is 11.3 Å². The molecule has 0 spiro atoms. The summed E-state index contributed by atoms with van der Waals surface area (Å²) in [5, 5.41) is 3.75. The zero-order chi connectivity index (χ0) is 21.1. The predicted molar refractivity (Wildman–Crippen MR) is 110 cm³/mol. The minimum Gasteiger partial charge on any atom is -0.462 e. The summed E-state index contributed by atoms with van der Waals surface area (Å²) in [6.45, 7) is 7.15. The van der Waals surface area contributed by atoms with Crippen LogP contribution in [0.1, 0.15) is 55.6 Å². The molecule has 3 rings (SSSR count). The molecule has 0 saturated carbocycles. The molecule has 8 heteroatoms. The van der Waals surface area contributed by atoms with Gasteiger partial charge in [-0.05, 0) is 39.3 Å². The topological polar surface area (TPSA) is 94.8 Å². The highest BCUT2D eigenvalue weighted by Crippen LogP contribution is 2.35. The summed E-state index contributed by atoms with van der Waals surface area (Å²) in [5.41, 5.74) is 1.83. The first-order chi connectivity index (χ1) is 13.9. The van der Waals surface area contributed by atoms with Crippen molar-refractivity contribution < 1.29 is 28.3 Å². The molecule has 0 atom stereocenters. The molecule has 0 unspecified atom stereocenters. The molecule has 1 N–H and O–H groups in total. The number of rotatable bonds is 6. The number of anilines is 1. The summed E-state index contributed by atoms with van der Waals surface area (Å²) >= 11 is 0.975. The van der Waals surface area contributed by atoms with E-state index in [0.29, 0.717) is 16.7 Å². The molecule has 0 aliphatic carbocycles. The monoisotopic (exact) mass is 415 g/mol. The fraction of sp³-hybridized carbons (Fsp3) is 0.286. The largest absolute Gasteiger partial charge is 0.462 e. The number of para-hydroxylation sites is 1. The van der Waals surface area contributed by atoms with Crippen LogP contribution in [0.4, 0.5) is 5.00 Å². The van der Waals surface area contributed by atoms with E-state index in [1.54, 1.807) is 33.8 Å². The van der Waals surface area contributed by atoms with Crippen LogP contribution in [0.2, 0.25) is 0 Å². The standard InChI is InChI=1S/C21H21NO6S/c1-5-26-20(24)15-12(4)17(21(25)27-6-2)29-19(15)22-18(23)16-11(3)13-9-7-8-10-14(13)28-16/h7-10H,5-6H2,1-4H3,(H,22,23). The lowest BCUT2D eigenvalue weighted by molar-refractivity contribution is 0.0527. The maximum Gasteiger partial charge on any atom is 0.348 e. The third-order valence-corrected chi connectivity index (χ3v) is 5.55. The van der Waals surface area contributed by atoms with E-state index < -0.39 is 17.8 Å². The van der Waals surface area contributed by atoms with Crippen LogP contribution in [0.25, 0.3) is 11.0 Å². The van der Waals surface area contributed by atoms with Crippen molar-refractivity contribution in [1.82, 2.24) is 0 Å². The summed E-state index contributed by atoms with van der Waals surface area (Å²) in [5.74, 6) is -1.54. The van der Waals surface area contributed by atoms with Crippen molar-refractivity contribution in [3.05, 3.63) is 51.6 Å². The Hall–Kier alpha value is -3.13. The van der Waals surface area contributed by atoms with Gasteiger partial charge in [0.2, 0.25) is 0 Å². The number of furan rings is 1. The smallest absolute Gasteiger partial charge is 0.348 e. The van der Waals surface area contributed by atoms with E-state index in [4.69, 9.17) is 13.9 Å². The Morgan fingerprint density at radius 2 is 1.66 bits per heavy atom. The molecular formula is C21H21NO6S. The van der Waals surface area contributed by atoms with Gasteiger partial charge in [0.05, 0.1) is 18.8 Å². The molecule has 2 heterocycles. The normalized spacial score (nSPS) is 10.8. The first kappa shape index (κ1) is 20.6. The molecule has 0 aliphatic heterocycles. The van der Waals surface area contributed by atoms with Crippen molar-refractivity contribution in [2.75, 3.05) is 18.5 Å². The van der Waals surface area contributed by atoms with E-state index in [-0.39, 0.29) is 34.4 Å². The van der Waals surface area contributed by atoms with Crippen LogP contribution in [0.3, 0.4) is 0 Å². The number of amides is 1. The summed E-state index contributed by atoms with van der Waals surface area (Å²) in [6, 6.07) is 7.32. The van der Waals surface area contributed by atoms with Crippen LogP contribution in [-0.4, -0.2) is 31.1 Å². The van der Waals surface area contributed by atoms with Crippen molar-refractivity contribution in [1.29, 1.82) is 0 Å². The van der Waals surface area contributed by atoms with Gasteiger partial charge < -0.3 is 19.2 Å². The molecule has 0 bridgehead atoms. The van der Waals surface area contributed by atoms with Gasteiger partial charge in [0.25, 0.3) is 5.91 Å². The molecular weight excluding hydrogens is 394 g/mol. The molecule has 1 amide bonds. The Labute approximate surface area is 171 Å². The summed E-state index contributed by atoms with van der Waals surface area (Å²) in [4.78, 5) is 37.8. The zero-order valence-electron chi connectivity index (χ0n) is 16.6. The van der Waals surface area contributed by atoms with Crippen molar-refractivity contribution in [3.63, 3.8) is 0 Å². The summed E-state index contributed by atoms with van der Waals surface area (Å²) in [7, 11) is 0. The van der Waals surface area contributed by atoms with Gasteiger partial charge in [0.1, 0.15) is 15.5 Å². The number of fused-ring (bicyclic) bond motifs is 1. The Balaban J connectivity index is 2.01. The van der Waals surface area contributed by atoms with Gasteiger partial charge in [-0.2, -0.15) is 0 Å². The number of hydrogen-bond acceptors (Lipinski definition) is 7.